The van der Waals surface area contributed by atoms with E-state index in [1.807, 2.05) is 19.1 Å². The van der Waals surface area contributed by atoms with Gasteiger partial charge in [0, 0.05) is 28.7 Å². The number of carbonyl (C=O) groups excluding carboxylic acids is 2. The zero-order chi connectivity index (χ0) is 24.4. The highest BCUT2D eigenvalue weighted by Crippen LogP contribution is 2.38. The molecule has 0 aliphatic carbocycles. The number of aryl methyl sites for hydroxylation is 2. The van der Waals surface area contributed by atoms with Crippen molar-refractivity contribution >= 4 is 34.0 Å². The third-order valence-electron chi connectivity index (χ3n) is 5.79. The first-order valence-corrected chi connectivity index (χ1v) is 10.8. The number of rotatable bonds is 6. The summed E-state index contributed by atoms with van der Waals surface area (Å²) in [6.07, 6.45) is 3.22. The van der Waals surface area contributed by atoms with E-state index in [-0.39, 0.29) is 11.5 Å². The van der Waals surface area contributed by atoms with Gasteiger partial charge >= 0.3 is 0 Å². The number of furan rings is 1. The van der Waals surface area contributed by atoms with Crippen molar-refractivity contribution in [3.63, 3.8) is 0 Å². The van der Waals surface area contributed by atoms with Crippen molar-refractivity contribution in [2.24, 2.45) is 5.73 Å². The van der Waals surface area contributed by atoms with Crippen LogP contribution in [0, 0.1) is 13.8 Å². The largest absolute Gasteiger partial charge is 0.496 e. The van der Waals surface area contributed by atoms with Gasteiger partial charge in [-0.05, 0) is 55.7 Å². The number of benzene rings is 3. The fraction of sp³-hybridized carbons (Fsp3) is 0.143. The maximum absolute atomic E-state index is 12.8. The van der Waals surface area contributed by atoms with Gasteiger partial charge in [-0.3, -0.25) is 9.59 Å². The van der Waals surface area contributed by atoms with Gasteiger partial charge in [-0.15, -0.1) is 0 Å². The molecule has 3 N–H and O–H groups in total. The van der Waals surface area contributed by atoms with E-state index in [4.69, 9.17) is 14.9 Å². The summed E-state index contributed by atoms with van der Waals surface area (Å²) in [6.45, 7) is 5.97. The molecule has 172 valence electrons. The molecular formula is C28H26N2O4. The molecule has 1 heterocycles. The molecule has 0 aliphatic heterocycles. The molecule has 0 radical (unpaired) electrons. The SMILES string of the molecule is COc1cc2occ(-c3ccc(C)cc3C)c2cc1/C(C)=C/C(=O)Nc1ccccc1C(N)=O. The quantitative estimate of drug-likeness (QED) is 0.357. The maximum atomic E-state index is 12.8. The molecule has 0 aliphatic rings. The molecule has 2 amide bonds. The van der Waals surface area contributed by atoms with Crippen molar-refractivity contribution in [3.8, 4) is 16.9 Å². The molecule has 0 saturated carbocycles. The minimum absolute atomic E-state index is 0.248. The summed E-state index contributed by atoms with van der Waals surface area (Å²) in [5, 5.41) is 3.66. The first kappa shape index (κ1) is 22.9. The highest BCUT2D eigenvalue weighted by Gasteiger charge is 2.16. The van der Waals surface area contributed by atoms with Crippen molar-refractivity contribution < 1.29 is 18.7 Å². The van der Waals surface area contributed by atoms with Gasteiger partial charge in [0.1, 0.15) is 11.3 Å². The van der Waals surface area contributed by atoms with Crippen molar-refractivity contribution in [1.82, 2.24) is 0 Å². The first-order chi connectivity index (χ1) is 16.3. The number of anilines is 1. The lowest BCUT2D eigenvalue weighted by atomic mass is 9.96. The monoisotopic (exact) mass is 454 g/mol. The normalized spacial score (nSPS) is 11.5. The van der Waals surface area contributed by atoms with Gasteiger partial charge in [-0.1, -0.05) is 35.9 Å². The van der Waals surface area contributed by atoms with Crippen LogP contribution < -0.4 is 15.8 Å². The summed E-state index contributed by atoms with van der Waals surface area (Å²) in [4.78, 5) is 24.4. The fourth-order valence-corrected chi connectivity index (χ4v) is 4.11. The molecule has 0 saturated heterocycles. The van der Waals surface area contributed by atoms with Crippen molar-refractivity contribution in [1.29, 1.82) is 0 Å². The minimum atomic E-state index is -0.609. The zero-order valence-electron chi connectivity index (χ0n) is 19.6. The number of carbonyl (C=O) groups is 2. The van der Waals surface area contributed by atoms with Crippen LogP contribution in [0.3, 0.4) is 0 Å². The van der Waals surface area contributed by atoms with Gasteiger partial charge in [-0.2, -0.15) is 0 Å². The van der Waals surface area contributed by atoms with Crippen LogP contribution in [0.2, 0.25) is 0 Å². The van der Waals surface area contributed by atoms with Crippen LogP contribution >= 0.6 is 0 Å². The highest BCUT2D eigenvalue weighted by molar-refractivity contribution is 6.09. The molecule has 6 heteroatoms. The summed E-state index contributed by atoms with van der Waals surface area (Å²) in [6, 6.07) is 16.7. The van der Waals surface area contributed by atoms with Crippen LogP contribution in [-0.2, 0) is 4.79 Å². The number of para-hydroxylation sites is 1. The van der Waals surface area contributed by atoms with Crippen LogP contribution in [0.4, 0.5) is 5.69 Å². The lowest BCUT2D eigenvalue weighted by molar-refractivity contribution is -0.111. The Morgan fingerprint density at radius 2 is 1.76 bits per heavy atom. The van der Waals surface area contributed by atoms with Crippen LogP contribution in [0.25, 0.3) is 27.7 Å². The van der Waals surface area contributed by atoms with Gasteiger partial charge in [0.25, 0.3) is 5.91 Å². The van der Waals surface area contributed by atoms with Crippen molar-refractivity contribution in [3.05, 3.63) is 89.2 Å². The number of hydrogen-bond acceptors (Lipinski definition) is 4. The summed E-state index contributed by atoms with van der Waals surface area (Å²) in [5.41, 5.74) is 12.6. The Bertz CT molecular complexity index is 1450. The van der Waals surface area contributed by atoms with E-state index in [9.17, 15) is 9.59 Å². The summed E-state index contributed by atoms with van der Waals surface area (Å²) >= 11 is 0. The van der Waals surface area contributed by atoms with E-state index in [2.05, 4.69) is 37.4 Å². The molecule has 3 aromatic carbocycles. The molecule has 0 fully saturated rings. The first-order valence-electron chi connectivity index (χ1n) is 10.8. The van der Waals surface area contributed by atoms with Crippen molar-refractivity contribution in [2.45, 2.75) is 20.8 Å². The summed E-state index contributed by atoms with van der Waals surface area (Å²) < 4.78 is 11.4. The van der Waals surface area contributed by atoms with Crippen LogP contribution in [0.1, 0.15) is 34.0 Å². The molecular weight excluding hydrogens is 428 g/mol. The summed E-state index contributed by atoms with van der Waals surface area (Å²) in [7, 11) is 1.58. The molecule has 0 spiro atoms. The number of nitrogens with one attached hydrogen (secondary N) is 1. The minimum Gasteiger partial charge on any atom is -0.496 e. The van der Waals surface area contributed by atoms with E-state index in [0.717, 1.165) is 27.6 Å². The van der Waals surface area contributed by atoms with Gasteiger partial charge < -0.3 is 20.2 Å². The second kappa shape index (κ2) is 9.27. The number of nitrogens with two attached hydrogens (primary N) is 1. The topological polar surface area (TPSA) is 94.6 Å². The van der Waals surface area contributed by atoms with E-state index >= 15 is 0 Å². The molecule has 0 atom stereocenters. The fourth-order valence-electron chi connectivity index (χ4n) is 4.11. The average Bonchev–Trinajstić information content (AvgIpc) is 3.21. The Labute approximate surface area is 198 Å². The van der Waals surface area contributed by atoms with Gasteiger partial charge in [0.2, 0.25) is 5.91 Å². The number of allylic oxidation sites excluding steroid dienone is 1. The number of amides is 2. The molecule has 0 bridgehead atoms. The maximum Gasteiger partial charge on any atom is 0.250 e. The molecule has 0 unspecified atom stereocenters. The Hall–Kier alpha value is -4.32. The second-order valence-corrected chi connectivity index (χ2v) is 8.24. The van der Waals surface area contributed by atoms with E-state index < -0.39 is 5.91 Å². The van der Waals surface area contributed by atoms with Gasteiger partial charge in [0.05, 0.1) is 24.6 Å². The highest BCUT2D eigenvalue weighted by atomic mass is 16.5. The van der Waals surface area contributed by atoms with Crippen LogP contribution in [0.15, 0.2) is 71.4 Å². The molecule has 4 rings (SSSR count). The molecule has 4 aromatic rings. The number of fused-ring (bicyclic) bond motifs is 1. The Balaban J connectivity index is 1.73. The Kier molecular flexibility index (Phi) is 6.23. The lowest BCUT2D eigenvalue weighted by Gasteiger charge is -2.11. The molecule has 1 aromatic heterocycles. The third kappa shape index (κ3) is 4.43. The zero-order valence-corrected chi connectivity index (χ0v) is 19.6. The second-order valence-electron chi connectivity index (χ2n) is 8.24. The number of hydrogen-bond donors (Lipinski definition) is 2. The Morgan fingerprint density at radius 3 is 2.47 bits per heavy atom. The van der Waals surface area contributed by atoms with Crippen LogP contribution in [-0.4, -0.2) is 18.9 Å². The van der Waals surface area contributed by atoms with Crippen LogP contribution in [0.5, 0.6) is 5.75 Å². The van der Waals surface area contributed by atoms with Gasteiger partial charge in [0.15, 0.2) is 0 Å². The number of primary amides is 1. The lowest BCUT2D eigenvalue weighted by Crippen LogP contribution is -2.17. The number of ether oxygens (including phenoxy) is 1. The smallest absolute Gasteiger partial charge is 0.250 e. The van der Waals surface area contributed by atoms with Crippen molar-refractivity contribution in [2.75, 3.05) is 12.4 Å². The summed E-state index contributed by atoms with van der Waals surface area (Å²) in [5.74, 6) is -0.397. The third-order valence-corrected chi connectivity index (χ3v) is 5.79. The Morgan fingerprint density at radius 1 is 1.00 bits per heavy atom. The van der Waals surface area contributed by atoms with E-state index in [0.29, 0.717) is 22.6 Å². The average molecular weight is 455 g/mol. The molecule has 6 nitrogen and oxygen atoms in total. The molecule has 34 heavy (non-hydrogen) atoms. The predicted octanol–water partition coefficient (Wildman–Crippen LogP) is 5.87. The van der Waals surface area contributed by atoms with E-state index in [1.54, 1.807) is 37.6 Å². The predicted molar refractivity (Wildman–Crippen MR) is 135 cm³/mol. The standard InChI is InChI=1S/C28H26N2O4/c1-16-9-10-19(17(2)11-16)23-15-34-26-14-25(33-4)21(13-22(23)26)18(3)12-27(31)30-24-8-6-5-7-20(24)28(29)32/h5-15H,1-4H3,(H2,29,32)(H,30,31)/b18-12+. The van der Waals surface area contributed by atoms with Gasteiger partial charge in [-0.25, -0.2) is 0 Å². The number of methoxy groups -OCH3 is 1. The van der Waals surface area contributed by atoms with E-state index in [1.165, 1.54) is 11.6 Å².